The second-order valence-corrected chi connectivity index (χ2v) is 6.47. The van der Waals surface area contributed by atoms with Crippen LogP contribution >= 0.6 is 0 Å². The first-order chi connectivity index (χ1) is 13.1. The number of amides is 1. The van der Waals surface area contributed by atoms with Crippen molar-refractivity contribution < 1.29 is 4.79 Å². The normalized spacial score (nSPS) is 10.9. The van der Waals surface area contributed by atoms with Crippen molar-refractivity contribution in [2.75, 3.05) is 0 Å². The predicted octanol–water partition coefficient (Wildman–Crippen LogP) is 3.34. The van der Waals surface area contributed by atoms with Gasteiger partial charge in [0.15, 0.2) is 11.5 Å². The summed E-state index contributed by atoms with van der Waals surface area (Å²) in [6.07, 6.45) is 0. The van der Waals surface area contributed by atoms with Crippen molar-refractivity contribution in [3.8, 4) is 11.3 Å². The molecular formula is C21H19N5O. The second kappa shape index (κ2) is 6.99. The minimum Gasteiger partial charge on any atom is -0.345 e. The number of carbonyl (C=O) groups is 1. The van der Waals surface area contributed by atoms with Gasteiger partial charge in [0, 0.05) is 11.1 Å². The summed E-state index contributed by atoms with van der Waals surface area (Å²) in [5, 5.41) is 15.8. The number of nitrogens with one attached hydrogen (secondary N) is 1. The van der Waals surface area contributed by atoms with Gasteiger partial charge in [0.05, 0.1) is 12.2 Å². The number of aryl methyl sites for hydroxylation is 2. The van der Waals surface area contributed by atoms with Crippen LogP contribution in [-0.4, -0.2) is 25.7 Å². The van der Waals surface area contributed by atoms with Gasteiger partial charge in [-0.25, -0.2) is 0 Å². The number of carbonyl (C=O) groups excluding carboxylic acids is 1. The first kappa shape index (κ1) is 16.9. The van der Waals surface area contributed by atoms with E-state index in [9.17, 15) is 4.79 Å². The highest BCUT2D eigenvalue weighted by molar-refractivity contribution is 5.95. The van der Waals surface area contributed by atoms with Gasteiger partial charge in [-0.1, -0.05) is 48.0 Å². The van der Waals surface area contributed by atoms with Gasteiger partial charge in [0.25, 0.3) is 5.91 Å². The summed E-state index contributed by atoms with van der Waals surface area (Å²) in [6.45, 7) is 4.19. The van der Waals surface area contributed by atoms with Crippen molar-refractivity contribution in [3.63, 3.8) is 0 Å². The largest absolute Gasteiger partial charge is 0.345 e. The third-order valence-electron chi connectivity index (χ3n) is 4.43. The summed E-state index contributed by atoms with van der Waals surface area (Å²) < 4.78 is 1.67. The molecule has 2 aromatic carbocycles. The number of benzene rings is 2. The molecule has 0 aliphatic rings. The highest BCUT2D eigenvalue weighted by atomic mass is 16.1. The third kappa shape index (κ3) is 3.42. The van der Waals surface area contributed by atoms with Crippen LogP contribution in [0.25, 0.3) is 16.9 Å². The maximum atomic E-state index is 12.5. The van der Waals surface area contributed by atoms with E-state index in [4.69, 9.17) is 0 Å². The van der Waals surface area contributed by atoms with Crippen LogP contribution in [0.1, 0.15) is 27.3 Å². The van der Waals surface area contributed by atoms with Crippen LogP contribution in [-0.2, 0) is 6.54 Å². The molecule has 1 amide bonds. The molecule has 0 spiro atoms. The van der Waals surface area contributed by atoms with Crippen LogP contribution in [0.3, 0.4) is 0 Å². The molecule has 2 aromatic heterocycles. The Kier molecular flexibility index (Phi) is 4.38. The summed E-state index contributed by atoms with van der Waals surface area (Å²) in [5.74, 6) is 0.448. The van der Waals surface area contributed by atoms with Crippen LogP contribution in [0.4, 0.5) is 0 Å². The summed E-state index contributed by atoms with van der Waals surface area (Å²) >= 11 is 0. The van der Waals surface area contributed by atoms with Gasteiger partial charge in [-0.05, 0) is 37.6 Å². The standard InChI is InChI=1S/C21H19N5O/c1-14-8-9-17(15(2)12-14)21(27)22-13-20-24-23-19-11-10-18(25-26(19)20)16-6-4-3-5-7-16/h3-12H,13H2,1-2H3,(H,22,27). The van der Waals surface area contributed by atoms with Crippen molar-refractivity contribution in [1.82, 2.24) is 25.1 Å². The lowest BCUT2D eigenvalue weighted by molar-refractivity contribution is 0.0949. The molecule has 4 aromatic rings. The monoisotopic (exact) mass is 357 g/mol. The van der Waals surface area contributed by atoms with Gasteiger partial charge in [-0.3, -0.25) is 4.79 Å². The lowest BCUT2D eigenvalue weighted by Crippen LogP contribution is -2.25. The van der Waals surface area contributed by atoms with E-state index in [1.165, 1.54) is 0 Å². The van der Waals surface area contributed by atoms with Crippen molar-refractivity contribution in [2.45, 2.75) is 20.4 Å². The Morgan fingerprint density at radius 2 is 1.81 bits per heavy atom. The van der Waals surface area contributed by atoms with Gasteiger partial charge >= 0.3 is 0 Å². The Hall–Kier alpha value is -3.54. The zero-order valence-corrected chi connectivity index (χ0v) is 15.2. The first-order valence-electron chi connectivity index (χ1n) is 8.74. The van der Waals surface area contributed by atoms with Gasteiger partial charge < -0.3 is 5.32 Å². The molecule has 134 valence electrons. The van der Waals surface area contributed by atoms with E-state index >= 15 is 0 Å². The molecule has 0 fully saturated rings. The molecular weight excluding hydrogens is 338 g/mol. The average molecular weight is 357 g/mol. The number of hydrogen-bond donors (Lipinski definition) is 1. The SMILES string of the molecule is Cc1ccc(C(=O)NCc2nnc3ccc(-c4ccccc4)nn23)c(C)c1. The van der Waals surface area contributed by atoms with Crippen molar-refractivity contribution in [2.24, 2.45) is 0 Å². The summed E-state index contributed by atoms with van der Waals surface area (Å²) in [6, 6.07) is 19.5. The lowest BCUT2D eigenvalue weighted by Gasteiger charge is -2.08. The predicted molar refractivity (Wildman–Crippen MR) is 103 cm³/mol. The minimum absolute atomic E-state index is 0.136. The molecule has 0 saturated heterocycles. The van der Waals surface area contributed by atoms with Gasteiger partial charge in [0.2, 0.25) is 0 Å². The van der Waals surface area contributed by atoms with E-state index in [0.29, 0.717) is 17.0 Å². The molecule has 0 bridgehead atoms. The Labute approximate surface area is 156 Å². The van der Waals surface area contributed by atoms with E-state index in [1.807, 2.05) is 74.5 Å². The fraction of sp³-hybridized carbons (Fsp3) is 0.143. The van der Waals surface area contributed by atoms with Crippen molar-refractivity contribution >= 4 is 11.6 Å². The Bertz CT molecular complexity index is 1120. The van der Waals surface area contributed by atoms with Crippen LogP contribution in [0.2, 0.25) is 0 Å². The number of aromatic nitrogens is 4. The third-order valence-corrected chi connectivity index (χ3v) is 4.43. The average Bonchev–Trinajstić information content (AvgIpc) is 3.09. The summed E-state index contributed by atoms with van der Waals surface area (Å²) in [4.78, 5) is 12.5. The maximum Gasteiger partial charge on any atom is 0.251 e. The van der Waals surface area contributed by atoms with Crippen molar-refractivity contribution in [1.29, 1.82) is 0 Å². The highest BCUT2D eigenvalue weighted by Gasteiger charge is 2.12. The van der Waals surface area contributed by atoms with Gasteiger partial charge in [-0.2, -0.15) is 9.61 Å². The molecule has 1 N–H and O–H groups in total. The zero-order valence-electron chi connectivity index (χ0n) is 15.2. The molecule has 0 aliphatic heterocycles. The maximum absolute atomic E-state index is 12.5. The van der Waals surface area contributed by atoms with Crippen molar-refractivity contribution in [3.05, 3.63) is 83.2 Å². The molecule has 0 saturated carbocycles. The topological polar surface area (TPSA) is 72.2 Å². The molecule has 0 unspecified atom stereocenters. The van der Waals surface area contributed by atoms with E-state index in [1.54, 1.807) is 4.52 Å². The van der Waals surface area contributed by atoms with Crippen LogP contribution < -0.4 is 5.32 Å². The number of rotatable bonds is 4. The summed E-state index contributed by atoms with van der Waals surface area (Å²) in [5.41, 5.74) is 5.22. The molecule has 6 heteroatoms. The first-order valence-corrected chi connectivity index (χ1v) is 8.74. The summed E-state index contributed by atoms with van der Waals surface area (Å²) in [7, 11) is 0. The molecule has 6 nitrogen and oxygen atoms in total. The molecule has 0 atom stereocenters. The van der Waals surface area contributed by atoms with E-state index in [-0.39, 0.29) is 12.5 Å². The number of fused-ring (bicyclic) bond motifs is 1. The fourth-order valence-corrected chi connectivity index (χ4v) is 3.03. The molecule has 4 rings (SSSR count). The Morgan fingerprint density at radius 3 is 2.59 bits per heavy atom. The van der Waals surface area contributed by atoms with E-state index < -0.39 is 0 Å². The van der Waals surface area contributed by atoms with Gasteiger partial charge in [-0.15, -0.1) is 10.2 Å². The zero-order chi connectivity index (χ0) is 18.8. The smallest absolute Gasteiger partial charge is 0.251 e. The number of hydrogen-bond acceptors (Lipinski definition) is 4. The van der Waals surface area contributed by atoms with E-state index in [2.05, 4.69) is 20.6 Å². The number of nitrogens with zero attached hydrogens (tertiary/aromatic N) is 4. The Balaban J connectivity index is 1.58. The highest BCUT2D eigenvalue weighted by Crippen LogP contribution is 2.17. The van der Waals surface area contributed by atoms with E-state index in [0.717, 1.165) is 22.4 Å². The second-order valence-electron chi connectivity index (χ2n) is 6.47. The molecule has 0 aliphatic carbocycles. The minimum atomic E-state index is -0.136. The van der Waals surface area contributed by atoms with Crippen LogP contribution in [0, 0.1) is 13.8 Å². The lowest BCUT2D eigenvalue weighted by atomic mass is 10.1. The Morgan fingerprint density at radius 1 is 1.00 bits per heavy atom. The van der Waals surface area contributed by atoms with Crippen LogP contribution in [0.5, 0.6) is 0 Å². The molecule has 27 heavy (non-hydrogen) atoms. The molecule has 2 heterocycles. The van der Waals surface area contributed by atoms with Gasteiger partial charge in [0.1, 0.15) is 0 Å². The molecule has 0 radical (unpaired) electrons. The quantitative estimate of drug-likeness (QED) is 0.608. The van der Waals surface area contributed by atoms with Crippen LogP contribution in [0.15, 0.2) is 60.7 Å². The fourth-order valence-electron chi connectivity index (χ4n) is 3.03.